The van der Waals surface area contributed by atoms with Crippen molar-refractivity contribution in [1.82, 2.24) is 5.32 Å². The molecule has 1 heterocycles. The topological polar surface area (TPSA) is 50.4 Å². The second-order valence-electron chi connectivity index (χ2n) is 6.07. The van der Waals surface area contributed by atoms with Crippen LogP contribution in [0.3, 0.4) is 0 Å². The highest BCUT2D eigenvalue weighted by atomic mass is 16.5. The molecule has 1 saturated heterocycles. The zero-order valence-electron chi connectivity index (χ0n) is 12.4. The van der Waals surface area contributed by atoms with Crippen LogP contribution in [0, 0.1) is 0 Å². The Morgan fingerprint density at radius 2 is 2.00 bits per heavy atom. The maximum atomic E-state index is 11.9. The van der Waals surface area contributed by atoms with Gasteiger partial charge in [-0.15, -0.1) is 0 Å². The lowest BCUT2D eigenvalue weighted by molar-refractivity contribution is -0.116. The van der Waals surface area contributed by atoms with Crippen LogP contribution in [0.25, 0.3) is 0 Å². The van der Waals surface area contributed by atoms with Gasteiger partial charge in [-0.25, -0.2) is 0 Å². The molecule has 4 nitrogen and oxygen atoms in total. The standard InChI is InChI=1S/C17H24N2O2/c20-17(10-9-16-2-1-11-21-16)19-15-5-3-13(4-6-15)12-18-14-7-8-14/h3-6,14,16,18H,1-2,7-12H2,(H,19,20). The van der Waals surface area contributed by atoms with Crippen molar-refractivity contribution in [3.63, 3.8) is 0 Å². The fourth-order valence-corrected chi connectivity index (χ4v) is 2.64. The molecule has 21 heavy (non-hydrogen) atoms. The molecule has 3 rings (SSSR count). The lowest BCUT2D eigenvalue weighted by Crippen LogP contribution is -2.16. The van der Waals surface area contributed by atoms with Crippen molar-refractivity contribution in [2.75, 3.05) is 11.9 Å². The summed E-state index contributed by atoms with van der Waals surface area (Å²) in [5, 5.41) is 6.44. The Hall–Kier alpha value is -1.39. The number of amides is 1. The van der Waals surface area contributed by atoms with Crippen molar-refractivity contribution in [1.29, 1.82) is 0 Å². The molecule has 2 N–H and O–H groups in total. The second-order valence-corrected chi connectivity index (χ2v) is 6.07. The molecule has 4 heteroatoms. The predicted octanol–water partition coefficient (Wildman–Crippen LogP) is 2.84. The third kappa shape index (κ3) is 4.83. The van der Waals surface area contributed by atoms with E-state index in [1.54, 1.807) is 0 Å². The monoisotopic (exact) mass is 288 g/mol. The average molecular weight is 288 g/mol. The van der Waals surface area contributed by atoms with Crippen molar-refractivity contribution < 1.29 is 9.53 Å². The molecule has 0 aromatic heterocycles. The quantitative estimate of drug-likeness (QED) is 0.811. The van der Waals surface area contributed by atoms with E-state index < -0.39 is 0 Å². The normalized spacial score (nSPS) is 21.4. The lowest BCUT2D eigenvalue weighted by atomic mass is 10.1. The Morgan fingerprint density at radius 3 is 2.67 bits per heavy atom. The SMILES string of the molecule is O=C(CCC1CCCO1)Nc1ccc(CNC2CC2)cc1. The molecule has 1 aromatic carbocycles. The molecule has 1 saturated carbocycles. The molecule has 1 atom stereocenters. The number of benzene rings is 1. The third-order valence-electron chi connectivity index (χ3n) is 4.13. The van der Waals surface area contributed by atoms with Gasteiger partial charge in [0.2, 0.25) is 5.91 Å². The van der Waals surface area contributed by atoms with Gasteiger partial charge in [0.15, 0.2) is 0 Å². The van der Waals surface area contributed by atoms with Crippen LogP contribution < -0.4 is 10.6 Å². The molecule has 0 radical (unpaired) electrons. The zero-order chi connectivity index (χ0) is 14.5. The van der Waals surface area contributed by atoms with Gasteiger partial charge in [0.25, 0.3) is 0 Å². The maximum absolute atomic E-state index is 11.9. The molecule has 1 aliphatic heterocycles. The maximum Gasteiger partial charge on any atom is 0.224 e. The van der Waals surface area contributed by atoms with Gasteiger partial charge in [0.05, 0.1) is 6.10 Å². The summed E-state index contributed by atoms with van der Waals surface area (Å²) < 4.78 is 5.53. The van der Waals surface area contributed by atoms with Gasteiger partial charge < -0.3 is 15.4 Å². The van der Waals surface area contributed by atoms with Crippen LogP contribution >= 0.6 is 0 Å². The van der Waals surface area contributed by atoms with Crippen molar-refractivity contribution in [3.05, 3.63) is 29.8 Å². The van der Waals surface area contributed by atoms with Crippen LogP contribution in [0.2, 0.25) is 0 Å². The molecular formula is C17H24N2O2. The van der Waals surface area contributed by atoms with Gasteiger partial charge in [-0.1, -0.05) is 12.1 Å². The summed E-state index contributed by atoms with van der Waals surface area (Å²) in [5.74, 6) is 0.0781. The molecule has 1 aromatic rings. The highest BCUT2D eigenvalue weighted by Gasteiger charge is 2.20. The molecule has 0 spiro atoms. The van der Waals surface area contributed by atoms with Gasteiger partial charge in [-0.2, -0.15) is 0 Å². The van der Waals surface area contributed by atoms with E-state index in [1.807, 2.05) is 12.1 Å². The number of hydrogen-bond donors (Lipinski definition) is 2. The molecule has 2 fully saturated rings. The molecule has 1 amide bonds. The lowest BCUT2D eigenvalue weighted by Gasteiger charge is -2.10. The summed E-state index contributed by atoms with van der Waals surface area (Å²) in [5.41, 5.74) is 2.14. The number of carbonyl (C=O) groups excluding carboxylic acids is 1. The first-order valence-corrected chi connectivity index (χ1v) is 8.03. The summed E-state index contributed by atoms with van der Waals surface area (Å²) in [6.45, 7) is 1.76. The Bertz CT molecular complexity index is 462. The van der Waals surface area contributed by atoms with Crippen molar-refractivity contribution in [2.24, 2.45) is 0 Å². The van der Waals surface area contributed by atoms with Crippen LogP contribution in [-0.2, 0) is 16.1 Å². The Kier molecular flexibility index (Phi) is 4.88. The summed E-state index contributed by atoms with van der Waals surface area (Å²) in [7, 11) is 0. The van der Waals surface area contributed by atoms with E-state index in [1.165, 1.54) is 18.4 Å². The minimum absolute atomic E-state index is 0.0781. The van der Waals surface area contributed by atoms with Crippen molar-refractivity contribution >= 4 is 11.6 Å². The van der Waals surface area contributed by atoms with Crippen LogP contribution in [0.4, 0.5) is 5.69 Å². The van der Waals surface area contributed by atoms with E-state index in [0.717, 1.165) is 44.1 Å². The first-order valence-electron chi connectivity index (χ1n) is 8.03. The number of rotatable bonds is 7. The van der Waals surface area contributed by atoms with E-state index in [2.05, 4.69) is 22.8 Å². The molecule has 114 valence electrons. The van der Waals surface area contributed by atoms with E-state index in [4.69, 9.17) is 4.74 Å². The smallest absolute Gasteiger partial charge is 0.224 e. The molecule has 2 aliphatic rings. The number of anilines is 1. The first kappa shape index (κ1) is 14.5. The molecule has 1 unspecified atom stereocenters. The minimum Gasteiger partial charge on any atom is -0.378 e. The highest BCUT2D eigenvalue weighted by Crippen LogP contribution is 2.20. The fraction of sp³-hybridized carbons (Fsp3) is 0.588. The molecular weight excluding hydrogens is 264 g/mol. The van der Waals surface area contributed by atoms with E-state index in [0.29, 0.717) is 6.42 Å². The predicted molar refractivity (Wildman–Crippen MR) is 83.1 cm³/mol. The van der Waals surface area contributed by atoms with Gasteiger partial charge in [-0.05, 0) is 49.8 Å². The number of hydrogen-bond acceptors (Lipinski definition) is 3. The summed E-state index contributed by atoms with van der Waals surface area (Å²) in [6.07, 6.45) is 6.48. The largest absolute Gasteiger partial charge is 0.378 e. The Morgan fingerprint density at radius 1 is 1.19 bits per heavy atom. The third-order valence-corrected chi connectivity index (χ3v) is 4.13. The Balaban J connectivity index is 1.39. The van der Waals surface area contributed by atoms with Crippen LogP contribution in [0.15, 0.2) is 24.3 Å². The van der Waals surface area contributed by atoms with Gasteiger partial charge >= 0.3 is 0 Å². The minimum atomic E-state index is 0.0781. The summed E-state index contributed by atoms with van der Waals surface area (Å²) >= 11 is 0. The average Bonchev–Trinajstić information content (AvgIpc) is 3.18. The van der Waals surface area contributed by atoms with Crippen molar-refractivity contribution in [2.45, 2.75) is 57.2 Å². The van der Waals surface area contributed by atoms with E-state index >= 15 is 0 Å². The molecule has 0 bridgehead atoms. The van der Waals surface area contributed by atoms with Crippen LogP contribution in [-0.4, -0.2) is 24.7 Å². The summed E-state index contributed by atoms with van der Waals surface area (Å²) in [4.78, 5) is 11.9. The number of carbonyl (C=O) groups is 1. The first-order chi connectivity index (χ1) is 10.3. The fourth-order valence-electron chi connectivity index (χ4n) is 2.64. The van der Waals surface area contributed by atoms with Crippen LogP contribution in [0.5, 0.6) is 0 Å². The van der Waals surface area contributed by atoms with Gasteiger partial charge in [0.1, 0.15) is 0 Å². The summed E-state index contributed by atoms with van der Waals surface area (Å²) in [6, 6.07) is 8.83. The van der Waals surface area contributed by atoms with E-state index in [-0.39, 0.29) is 12.0 Å². The highest BCUT2D eigenvalue weighted by molar-refractivity contribution is 5.90. The van der Waals surface area contributed by atoms with Crippen molar-refractivity contribution in [3.8, 4) is 0 Å². The zero-order valence-corrected chi connectivity index (χ0v) is 12.4. The Labute approximate surface area is 126 Å². The molecule has 1 aliphatic carbocycles. The van der Waals surface area contributed by atoms with E-state index in [9.17, 15) is 4.79 Å². The second kappa shape index (κ2) is 7.05. The number of nitrogens with one attached hydrogen (secondary N) is 2. The van der Waals surface area contributed by atoms with Gasteiger partial charge in [-0.3, -0.25) is 4.79 Å². The number of ether oxygens (including phenoxy) is 1. The van der Waals surface area contributed by atoms with Gasteiger partial charge in [0, 0.05) is 31.3 Å². The van der Waals surface area contributed by atoms with Crippen LogP contribution in [0.1, 0.15) is 44.1 Å².